The van der Waals surface area contributed by atoms with Crippen molar-refractivity contribution in [3.63, 3.8) is 0 Å². The van der Waals surface area contributed by atoms with Crippen molar-refractivity contribution in [3.8, 4) is 12.1 Å². The quantitative estimate of drug-likeness (QED) is 0.765. The normalized spacial score (nSPS) is 18.9. The van der Waals surface area contributed by atoms with Gasteiger partial charge in [-0.3, -0.25) is 0 Å². The van der Waals surface area contributed by atoms with Crippen LogP contribution in [0.5, 0.6) is 0 Å². The van der Waals surface area contributed by atoms with Gasteiger partial charge in [0.15, 0.2) is 0 Å². The van der Waals surface area contributed by atoms with Gasteiger partial charge in [-0.2, -0.15) is 10.5 Å². The molecule has 1 aromatic rings. The second kappa shape index (κ2) is 3.38. The molecule has 0 saturated heterocycles. The van der Waals surface area contributed by atoms with Crippen LogP contribution >= 0.6 is 0 Å². The van der Waals surface area contributed by atoms with Crippen LogP contribution in [-0.4, -0.2) is 15.1 Å². The van der Waals surface area contributed by atoms with Crippen LogP contribution in [0.1, 0.15) is 18.7 Å². The van der Waals surface area contributed by atoms with E-state index in [4.69, 9.17) is 16.3 Å². The Kier molecular flexibility index (Phi) is 2.18. The molecule has 76 valence electrons. The van der Waals surface area contributed by atoms with Gasteiger partial charge in [0.2, 0.25) is 5.82 Å². The Morgan fingerprint density at radius 3 is 2.87 bits per heavy atom. The summed E-state index contributed by atoms with van der Waals surface area (Å²) in [5.41, 5.74) is 5.14. The van der Waals surface area contributed by atoms with E-state index >= 15 is 0 Å². The number of rotatable bonds is 3. The molecule has 0 radical (unpaired) electrons. The van der Waals surface area contributed by atoms with Crippen molar-refractivity contribution < 1.29 is 0 Å². The third kappa shape index (κ3) is 1.70. The lowest BCUT2D eigenvalue weighted by Crippen LogP contribution is -2.45. The lowest BCUT2D eigenvalue weighted by atomic mass is 9.96. The Labute approximate surface area is 87.7 Å². The summed E-state index contributed by atoms with van der Waals surface area (Å²) in [6.45, 7) is 0.344. The summed E-state index contributed by atoms with van der Waals surface area (Å²) in [7, 11) is 0. The van der Waals surface area contributed by atoms with Crippen LogP contribution in [-0.2, 0) is 6.54 Å². The van der Waals surface area contributed by atoms with Crippen molar-refractivity contribution in [2.24, 2.45) is 11.7 Å². The molecule has 1 aliphatic rings. The molecule has 15 heavy (non-hydrogen) atoms. The van der Waals surface area contributed by atoms with E-state index in [1.54, 1.807) is 17.0 Å². The zero-order chi connectivity index (χ0) is 10.9. The summed E-state index contributed by atoms with van der Waals surface area (Å²) in [4.78, 5) is 3.87. The first kappa shape index (κ1) is 9.70. The molecule has 5 heteroatoms. The molecule has 5 nitrogen and oxygen atoms in total. The molecule has 0 aliphatic heterocycles. The topological polar surface area (TPSA) is 91.4 Å². The van der Waals surface area contributed by atoms with E-state index in [0.717, 1.165) is 12.8 Å². The third-order valence-electron chi connectivity index (χ3n) is 2.76. The van der Waals surface area contributed by atoms with Gasteiger partial charge in [0, 0.05) is 12.4 Å². The van der Waals surface area contributed by atoms with E-state index in [2.05, 4.69) is 11.1 Å². The average molecular weight is 201 g/mol. The SMILES string of the molecule is N#Cc1nccn1CC(N)(C#N)C1CC1. The van der Waals surface area contributed by atoms with Crippen molar-refractivity contribution in [3.05, 3.63) is 18.2 Å². The Hall–Kier alpha value is -1.85. The molecule has 1 atom stereocenters. The fourth-order valence-electron chi connectivity index (χ4n) is 1.69. The molecule has 1 unspecified atom stereocenters. The zero-order valence-corrected chi connectivity index (χ0v) is 8.22. The van der Waals surface area contributed by atoms with Gasteiger partial charge in [-0.05, 0) is 18.8 Å². The van der Waals surface area contributed by atoms with E-state index in [9.17, 15) is 0 Å². The first-order chi connectivity index (χ1) is 7.19. The molecule has 0 aromatic carbocycles. The largest absolute Gasteiger partial charge is 0.320 e. The maximum absolute atomic E-state index is 9.07. The zero-order valence-electron chi connectivity index (χ0n) is 8.22. The molecule has 1 aromatic heterocycles. The minimum atomic E-state index is -0.855. The van der Waals surface area contributed by atoms with Crippen LogP contribution in [0, 0.1) is 28.6 Å². The minimum absolute atomic E-state index is 0.261. The number of imidazole rings is 1. The van der Waals surface area contributed by atoms with Gasteiger partial charge in [-0.1, -0.05) is 0 Å². The van der Waals surface area contributed by atoms with Crippen LogP contribution < -0.4 is 5.73 Å². The predicted octanol–water partition coefficient (Wildman–Crippen LogP) is 0.386. The fourth-order valence-corrected chi connectivity index (χ4v) is 1.69. The summed E-state index contributed by atoms with van der Waals surface area (Å²) in [6, 6.07) is 4.12. The minimum Gasteiger partial charge on any atom is -0.320 e. The fraction of sp³-hybridized carbons (Fsp3) is 0.500. The molecule has 0 bridgehead atoms. The summed E-state index contributed by atoms with van der Waals surface area (Å²) in [6.07, 6.45) is 5.23. The summed E-state index contributed by atoms with van der Waals surface area (Å²) in [5, 5.41) is 17.8. The molecule has 1 aliphatic carbocycles. The Balaban J connectivity index is 2.21. The number of hydrogen-bond donors (Lipinski definition) is 1. The van der Waals surface area contributed by atoms with E-state index in [1.807, 2.05) is 6.07 Å². The molecular weight excluding hydrogens is 190 g/mol. The summed E-state index contributed by atoms with van der Waals surface area (Å²) in [5.74, 6) is 0.567. The molecule has 0 amide bonds. The van der Waals surface area contributed by atoms with Gasteiger partial charge >= 0.3 is 0 Å². The Morgan fingerprint density at radius 1 is 1.60 bits per heavy atom. The number of nitriles is 2. The average Bonchev–Trinajstić information content (AvgIpc) is 3.01. The van der Waals surface area contributed by atoms with Crippen molar-refractivity contribution in [2.45, 2.75) is 24.9 Å². The van der Waals surface area contributed by atoms with E-state index in [1.165, 1.54) is 0 Å². The van der Waals surface area contributed by atoms with Crippen molar-refractivity contribution >= 4 is 0 Å². The second-order valence-electron chi connectivity index (χ2n) is 3.92. The standard InChI is InChI=1S/C10H11N5/c11-5-9-14-3-4-15(9)7-10(13,6-12)8-1-2-8/h3-4,8H,1-2,7,13H2. The molecule has 1 heterocycles. The first-order valence-electron chi connectivity index (χ1n) is 4.81. The highest BCUT2D eigenvalue weighted by Crippen LogP contribution is 2.38. The number of nitrogens with zero attached hydrogens (tertiary/aromatic N) is 4. The molecule has 0 spiro atoms. The lowest BCUT2D eigenvalue weighted by Gasteiger charge is -2.21. The van der Waals surface area contributed by atoms with Gasteiger partial charge < -0.3 is 10.3 Å². The van der Waals surface area contributed by atoms with Crippen LogP contribution in [0.4, 0.5) is 0 Å². The highest BCUT2D eigenvalue weighted by atomic mass is 15.1. The number of nitrogens with two attached hydrogens (primary N) is 1. The first-order valence-corrected chi connectivity index (χ1v) is 4.81. The number of aromatic nitrogens is 2. The highest BCUT2D eigenvalue weighted by molar-refractivity contribution is 5.17. The van der Waals surface area contributed by atoms with E-state index in [-0.39, 0.29) is 5.92 Å². The molecule has 2 N–H and O–H groups in total. The van der Waals surface area contributed by atoms with E-state index < -0.39 is 5.54 Å². The Bertz CT molecular complexity index is 445. The van der Waals surface area contributed by atoms with Gasteiger partial charge in [-0.25, -0.2) is 4.98 Å². The Morgan fingerprint density at radius 2 is 2.33 bits per heavy atom. The maximum Gasteiger partial charge on any atom is 0.212 e. The maximum atomic E-state index is 9.07. The molecular formula is C10H11N5. The van der Waals surface area contributed by atoms with Gasteiger partial charge in [-0.15, -0.1) is 0 Å². The third-order valence-corrected chi connectivity index (χ3v) is 2.76. The van der Waals surface area contributed by atoms with Crippen LogP contribution in [0.15, 0.2) is 12.4 Å². The van der Waals surface area contributed by atoms with Crippen molar-refractivity contribution in [1.29, 1.82) is 10.5 Å². The second-order valence-corrected chi connectivity index (χ2v) is 3.92. The lowest BCUT2D eigenvalue weighted by molar-refractivity contribution is 0.403. The summed E-state index contributed by atoms with van der Waals surface area (Å²) < 4.78 is 1.64. The molecule has 2 rings (SSSR count). The van der Waals surface area contributed by atoms with Gasteiger partial charge in [0.25, 0.3) is 0 Å². The van der Waals surface area contributed by atoms with Crippen molar-refractivity contribution in [1.82, 2.24) is 9.55 Å². The van der Waals surface area contributed by atoms with E-state index in [0.29, 0.717) is 12.4 Å². The van der Waals surface area contributed by atoms with Crippen molar-refractivity contribution in [2.75, 3.05) is 0 Å². The van der Waals surface area contributed by atoms with Gasteiger partial charge in [0.05, 0.1) is 12.6 Å². The van der Waals surface area contributed by atoms with Gasteiger partial charge in [0.1, 0.15) is 11.6 Å². The van der Waals surface area contributed by atoms with Crippen LogP contribution in [0.3, 0.4) is 0 Å². The molecule has 1 fully saturated rings. The van der Waals surface area contributed by atoms with Crippen LogP contribution in [0.2, 0.25) is 0 Å². The monoisotopic (exact) mass is 201 g/mol. The van der Waals surface area contributed by atoms with Crippen LogP contribution in [0.25, 0.3) is 0 Å². The highest BCUT2D eigenvalue weighted by Gasteiger charge is 2.43. The number of hydrogen-bond acceptors (Lipinski definition) is 4. The predicted molar refractivity (Wildman–Crippen MR) is 52.2 cm³/mol. The molecule has 1 saturated carbocycles. The smallest absolute Gasteiger partial charge is 0.212 e. The summed E-state index contributed by atoms with van der Waals surface area (Å²) >= 11 is 0.